The van der Waals surface area contributed by atoms with Crippen LogP contribution in [0.15, 0.2) is 0 Å². The number of rotatable bonds is 2. The predicted octanol–water partition coefficient (Wildman–Crippen LogP) is 2.15. The molecule has 106 valence electrons. The van der Waals surface area contributed by atoms with Gasteiger partial charge in [0, 0.05) is 30.0 Å². The van der Waals surface area contributed by atoms with Gasteiger partial charge in [-0.05, 0) is 45.7 Å². The second-order valence-electron chi connectivity index (χ2n) is 5.82. The highest BCUT2D eigenvalue weighted by atomic mass is 35.5. The van der Waals surface area contributed by atoms with Crippen LogP contribution in [0.4, 0.5) is 0 Å². The highest BCUT2D eigenvalue weighted by molar-refractivity contribution is 8.00. The third-order valence-corrected chi connectivity index (χ3v) is 5.00. The third kappa shape index (κ3) is 4.63. The minimum absolute atomic E-state index is 0. The van der Waals surface area contributed by atoms with E-state index >= 15 is 0 Å². The molecular formula is C13H25ClN2OS. The first-order valence-corrected chi connectivity index (χ1v) is 7.68. The Morgan fingerprint density at radius 3 is 2.67 bits per heavy atom. The van der Waals surface area contributed by atoms with E-state index in [1.54, 1.807) is 0 Å². The number of piperidine rings is 1. The van der Waals surface area contributed by atoms with Crippen LogP contribution in [0.2, 0.25) is 0 Å². The third-order valence-electron chi connectivity index (χ3n) is 3.70. The summed E-state index contributed by atoms with van der Waals surface area (Å²) >= 11 is 1.98. The summed E-state index contributed by atoms with van der Waals surface area (Å²) in [6.45, 7) is 8.50. The molecule has 1 N–H and O–H groups in total. The van der Waals surface area contributed by atoms with Gasteiger partial charge in [0.2, 0.25) is 5.91 Å². The first-order chi connectivity index (χ1) is 8.07. The molecule has 0 spiro atoms. The van der Waals surface area contributed by atoms with Crippen molar-refractivity contribution in [1.82, 2.24) is 10.2 Å². The van der Waals surface area contributed by atoms with Gasteiger partial charge in [0.25, 0.3) is 0 Å². The average molecular weight is 293 g/mol. The van der Waals surface area contributed by atoms with Crippen LogP contribution in [-0.2, 0) is 4.79 Å². The largest absolute Gasteiger partial charge is 0.340 e. The molecule has 2 rings (SSSR count). The number of thioether (sulfide) groups is 1. The van der Waals surface area contributed by atoms with Gasteiger partial charge in [0.15, 0.2) is 0 Å². The van der Waals surface area contributed by atoms with Gasteiger partial charge < -0.3 is 10.2 Å². The molecule has 0 aromatic carbocycles. The second kappa shape index (κ2) is 7.01. The summed E-state index contributed by atoms with van der Waals surface area (Å²) in [5.41, 5.74) is 0. The van der Waals surface area contributed by atoms with Crippen molar-refractivity contribution in [2.75, 3.05) is 31.9 Å². The Labute approximate surface area is 121 Å². The van der Waals surface area contributed by atoms with E-state index in [9.17, 15) is 4.79 Å². The summed E-state index contributed by atoms with van der Waals surface area (Å²) < 4.78 is 0.238. The van der Waals surface area contributed by atoms with E-state index < -0.39 is 0 Å². The summed E-state index contributed by atoms with van der Waals surface area (Å²) in [6, 6.07) is 0. The molecule has 18 heavy (non-hydrogen) atoms. The van der Waals surface area contributed by atoms with Crippen LogP contribution in [0.1, 0.15) is 33.1 Å². The molecule has 0 radical (unpaired) electrons. The molecule has 5 heteroatoms. The van der Waals surface area contributed by atoms with Gasteiger partial charge in [-0.2, -0.15) is 11.8 Å². The molecule has 0 saturated carbocycles. The van der Waals surface area contributed by atoms with Gasteiger partial charge >= 0.3 is 0 Å². The lowest BCUT2D eigenvalue weighted by molar-refractivity contribution is -0.132. The molecule has 2 aliphatic rings. The lowest BCUT2D eigenvalue weighted by Gasteiger charge is -2.38. The van der Waals surface area contributed by atoms with Gasteiger partial charge in [-0.15, -0.1) is 12.4 Å². The number of amides is 1. The highest BCUT2D eigenvalue weighted by Gasteiger charge is 2.30. The number of nitrogens with one attached hydrogen (secondary N) is 1. The quantitative estimate of drug-likeness (QED) is 0.846. The fraction of sp³-hybridized carbons (Fsp3) is 0.923. The molecule has 3 nitrogen and oxygen atoms in total. The van der Waals surface area contributed by atoms with E-state index in [0.29, 0.717) is 11.8 Å². The summed E-state index contributed by atoms with van der Waals surface area (Å²) in [6.07, 6.45) is 3.10. The first-order valence-electron chi connectivity index (χ1n) is 6.69. The van der Waals surface area contributed by atoms with Crippen LogP contribution < -0.4 is 5.32 Å². The second-order valence-corrected chi connectivity index (χ2v) is 7.62. The molecule has 2 saturated heterocycles. The zero-order valence-corrected chi connectivity index (χ0v) is 13.0. The van der Waals surface area contributed by atoms with Crippen LogP contribution in [-0.4, -0.2) is 47.5 Å². The molecule has 2 aliphatic heterocycles. The van der Waals surface area contributed by atoms with Crippen LogP contribution in [0.3, 0.4) is 0 Å². The Morgan fingerprint density at radius 1 is 1.39 bits per heavy atom. The van der Waals surface area contributed by atoms with Crippen molar-refractivity contribution in [3.63, 3.8) is 0 Å². The molecule has 2 fully saturated rings. The summed E-state index contributed by atoms with van der Waals surface area (Å²) in [5, 5.41) is 3.35. The van der Waals surface area contributed by atoms with E-state index in [1.165, 1.54) is 0 Å². The van der Waals surface area contributed by atoms with E-state index in [0.717, 1.165) is 51.2 Å². The van der Waals surface area contributed by atoms with E-state index in [2.05, 4.69) is 24.1 Å². The van der Waals surface area contributed by atoms with Crippen LogP contribution in [0.25, 0.3) is 0 Å². The van der Waals surface area contributed by atoms with Crippen molar-refractivity contribution in [1.29, 1.82) is 0 Å². The molecule has 0 atom stereocenters. The number of carbonyl (C=O) groups excluding carboxylic acids is 1. The van der Waals surface area contributed by atoms with Gasteiger partial charge in [-0.3, -0.25) is 4.79 Å². The van der Waals surface area contributed by atoms with Gasteiger partial charge in [0.1, 0.15) is 0 Å². The maximum Gasteiger partial charge on any atom is 0.222 e. The van der Waals surface area contributed by atoms with Crippen LogP contribution >= 0.6 is 24.2 Å². The molecule has 0 bridgehead atoms. The summed E-state index contributed by atoms with van der Waals surface area (Å²) in [7, 11) is 0. The topological polar surface area (TPSA) is 32.3 Å². The van der Waals surface area contributed by atoms with Crippen molar-refractivity contribution in [2.45, 2.75) is 37.9 Å². The van der Waals surface area contributed by atoms with Crippen molar-refractivity contribution in [3.8, 4) is 0 Å². The molecule has 0 aromatic heterocycles. The minimum atomic E-state index is 0. The predicted molar refractivity (Wildman–Crippen MR) is 80.6 cm³/mol. The van der Waals surface area contributed by atoms with Crippen molar-refractivity contribution >= 4 is 30.1 Å². The van der Waals surface area contributed by atoms with Crippen molar-refractivity contribution < 1.29 is 4.79 Å². The van der Waals surface area contributed by atoms with Crippen LogP contribution in [0, 0.1) is 5.92 Å². The normalized spacial score (nSPS) is 24.4. The number of carbonyl (C=O) groups is 1. The van der Waals surface area contributed by atoms with Gasteiger partial charge in [-0.25, -0.2) is 0 Å². The molecule has 0 aliphatic carbocycles. The Hall–Kier alpha value is 0.0700. The smallest absolute Gasteiger partial charge is 0.222 e. The van der Waals surface area contributed by atoms with E-state index in [-0.39, 0.29) is 17.2 Å². The van der Waals surface area contributed by atoms with Crippen molar-refractivity contribution in [3.05, 3.63) is 0 Å². The number of hydrogen-bond acceptors (Lipinski definition) is 3. The van der Waals surface area contributed by atoms with Gasteiger partial charge in [-0.1, -0.05) is 0 Å². The molecule has 0 unspecified atom stereocenters. The monoisotopic (exact) mass is 292 g/mol. The maximum absolute atomic E-state index is 12.3. The standard InChI is InChI=1S/C13H24N2OS.ClH/c1-13(2)10-15(7-8-17-13)12(16)9-11-3-5-14-6-4-11;/h11,14H,3-10H2,1-2H3;1H. The van der Waals surface area contributed by atoms with Crippen molar-refractivity contribution in [2.24, 2.45) is 5.92 Å². The van der Waals surface area contributed by atoms with E-state index in [1.807, 2.05) is 11.8 Å². The lowest BCUT2D eigenvalue weighted by atomic mass is 9.94. The van der Waals surface area contributed by atoms with Gasteiger partial charge in [0.05, 0.1) is 0 Å². The molecule has 2 heterocycles. The Bertz CT molecular complexity index is 280. The Kier molecular flexibility index (Phi) is 6.28. The fourth-order valence-corrected chi connectivity index (χ4v) is 3.80. The number of hydrogen-bond donors (Lipinski definition) is 1. The summed E-state index contributed by atoms with van der Waals surface area (Å²) in [4.78, 5) is 14.3. The number of nitrogens with zero attached hydrogens (tertiary/aromatic N) is 1. The summed E-state index contributed by atoms with van der Waals surface area (Å²) in [5.74, 6) is 2.08. The zero-order valence-electron chi connectivity index (χ0n) is 11.4. The van der Waals surface area contributed by atoms with Crippen LogP contribution in [0.5, 0.6) is 0 Å². The van der Waals surface area contributed by atoms with E-state index in [4.69, 9.17) is 0 Å². The molecule has 0 aromatic rings. The Balaban J connectivity index is 0.00000162. The maximum atomic E-state index is 12.3. The minimum Gasteiger partial charge on any atom is -0.340 e. The average Bonchev–Trinajstić information content (AvgIpc) is 2.29. The highest BCUT2D eigenvalue weighted by Crippen LogP contribution is 2.30. The molecular weight excluding hydrogens is 268 g/mol. The molecule has 1 amide bonds. The zero-order chi connectivity index (χ0) is 12.3. The number of halogens is 1. The SMILES string of the molecule is CC1(C)CN(C(=O)CC2CCNCC2)CCS1.Cl. The first kappa shape index (κ1) is 16.1. The lowest BCUT2D eigenvalue weighted by Crippen LogP contribution is -2.46. The fourth-order valence-electron chi connectivity index (χ4n) is 2.69. The Morgan fingerprint density at radius 2 is 2.06 bits per heavy atom.